The number of nitrogens with zero attached hydrogens (tertiary/aromatic N) is 1. The second-order valence-corrected chi connectivity index (χ2v) is 6.26. The van der Waals surface area contributed by atoms with E-state index in [0.29, 0.717) is 12.1 Å². The minimum atomic E-state index is -0.267. The van der Waals surface area contributed by atoms with Crippen molar-refractivity contribution in [2.24, 2.45) is 0 Å². The zero-order valence-electron chi connectivity index (χ0n) is 13.4. The van der Waals surface area contributed by atoms with E-state index in [4.69, 9.17) is 0 Å². The van der Waals surface area contributed by atoms with Gasteiger partial charge in [-0.3, -0.25) is 14.6 Å². The van der Waals surface area contributed by atoms with E-state index in [1.54, 1.807) is 41.8 Å². The van der Waals surface area contributed by atoms with E-state index in [1.807, 2.05) is 35.7 Å². The summed E-state index contributed by atoms with van der Waals surface area (Å²) in [6.07, 6.45) is 1.74. The van der Waals surface area contributed by atoms with Gasteiger partial charge in [0.05, 0.1) is 17.1 Å². The molecule has 5 nitrogen and oxygen atoms in total. The van der Waals surface area contributed by atoms with E-state index in [1.165, 1.54) is 0 Å². The summed E-state index contributed by atoms with van der Waals surface area (Å²) in [4.78, 5) is 29.4. The third-order valence-corrected chi connectivity index (χ3v) is 4.44. The van der Waals surface area contributed by atoms with Gasteiger partial charge in [0.25, 0.3) is 5.91 Å². The molecule has 0 aliphatic carbocycles. The number of thiophene rings is 1. The molecule has 0 unspecified atom stereocenters. The normalized spacial score (nSPS) is 10.2. The van der Waals surface area contributed by atoms with Crippen LogP contribution in [0.2, 0.25) is 0 Å². The van der Waals surface area contributed by atoms with Crippen molar-refractivity contribution in [1.82, 2.24) is 15.6 Å². The summed E-state index contributed by atoms with van der Waals surface area (Å²) in [5, 5.41) is 7.42. The van der Waals surface area contributed by atoms with Gasteiger partial charge in [-0.15, -0.1) is 11.3 Å². The molecular formula is C19H17N3O2S. The Morgan fingerprint density at radius 1 is 0.960 bits per heavy atom. The van der Waals surface area contributed by atoms with Crippen LogP contribution in [0.1, 0.15) is 15.9 Å². The van der Waals surface area contributed by atoms with Crippen LogP contribution in [0.5, 0.6) is 0 Å². The van der Waals surface area contributed by atoms with Gasteiger partial charge < -0.3 is 10.6 Å². The van der Waals surface area contributed by atoms with Gasteiger partial charge in [-0.25, -0.2) is 0 Å². The Hall–Kier alpha value is -2.99. The summed E-state index contributed by atoms with van der Waals surface area (Å²) in [7, 11) is 0. The fraction of sp³-hybridized carbons (Fsp3) is 0.105. The minimum absolute atomic E-state index is 0.0671. The molecule has 0 radical (unpaired) electrons. The van der Waals surface area contributed by atoms with Crippen LogP contribution in [0, 0.1) is 0 Å². The van der Waals surface area contributed by atoms with Crippen molar-refractivity contribution in [1.29, 1.82) is 0 Å². The fourth-order valence-corrected chi connectivity index (χ4v) is 3.08. The van der Waals surface area contributed by atoms with Gasteiger partial charge in [-0.05, 0) is 35.2 Å². The summed E-state index contributed by atoms with van der Waals surface area (Å²) >= 11 is 1.60. The molecule has 2 N–H and O–H groups in total. The SMILES string of the molecule is O=C(CNC(=O)c1ccccc1)NCc1cccnc1-c1cccs1. The summed E-state index contributed by atoms with van der Waals surface area (Å²) < 4.78 is 0. The lowest BCUT2D eigenvalue weighted by Crippen LogP contribution is -2.36. The number of hydrogen-bond acceptors (Lipinski definition) is 4. The highest BCUT2D eigenvalue weighted by atomic mass is 32.1. The highest BCUT2D eigenvalue weighted by Crippen LogP contribution is 2.25. The Balaban J connectivity index is 1.54. The quantitative estimate of drug-likeness (QED) is 0.717. The summed E-state index contributed by atoms with van der Waals surface area (Å²) in [6.45, 7) is 0.295. The lowest BCUT2D eigenvalue weighted by Gasteiger charge is -2.09. The van der Waals surface area contributed by atoms with E-state index in [-0.39, 0.29) is 18.4 Å². The maximum atomic E-state index is 12.0. The number of amides is 2. The van der Waals surface area contributed by atoms with Crippen LogP contribution in [-0.4, -0.2) is 23.3 Å². The second kappa shape index (κ2) is 8.21. The summed E-state index contributed by atoms with van der Waals surface area (Å²) in [6, 6.07) is 16.6. The van der Waals surface area contributed by atoms with E-state index in [2.05, 4.69) is 15.6 Å². The fourth-order valence-electron chi connectivity index (χ4n) is 2.32. The van der Waals surface area contributed by atoms with Gasteiger partial charge in [0.2, 0.25) is 5.91 Å². The van der Waals surface area contributed by atoms with Gasteiger partial charge in [0.1, 0.15) is 0 Å². The van der Waals surface area contributed by atoms with Gasteiger partial charge in [0.15, 0.2) is 0 Å². The highest BCUT2D eigenvalue weighted by Gasteiger charge is 2.10. The summed E-state index contributed by atoms with van der Waals surface area (Å²) in [5.41, 5.74) is 2.33. The molecule has 2 amide bonds. The lowest BCUT2D eigenvalue weighted by molar-refractivity contribution is -0.120. The lowest BCUT2D eigenvalue weighted by atomic mass is 10.1. The highest BCUT2D eigenvalue weighted by molar-refractivity contribution is 7.13. The average molecular weight is 351 g/mol. The van der Waals surface area contributed by atoms with Crippen LogP contribution in [0.25, 0.3) is 10.6 Å². The standard InChI is InChI=1S/C19H17N3O2S/c23-17(13-22-19(24)14-6-2-1-3-7-14)21-12-15-8-4-10-20-18(15)16-9-5-11-25-16/h1-11H,12-13H2,(H,21,23)(H,22,24). The van der Waals surface area contributed by atoms with Crippen molar-refractivity contribution >= 4 is 23.2 Å². The Morgan fingerprint density at radius 3 is 2.56 bits per heavy atom. The zero-order valence-corrected chi connectivity index (χ0v) is 14.3. The number of nitrogens with one attached hydrogen (secondary N) is 2. The van der Waals surface area contributed by atoms with Crippen LogP contribution in [0.15, 0.2) is 66.2 Å². The number of aromatic nitrogens is 1. The van der Waals surface area contributed by atoms with E-state index in [9.17, 15) is 9.59 Å². The molecular weight excluding hydrogens is 334 g/mol. The number of carbonyl (C=O) groups excluding carboxylic acids is 2. The van der Waals surface area contributed by atoms with Crippen LogP contribution >= 0.6 is 11.3 Å². The van der Waals surface area contributed by atoms with Crippen LogP contribution in [0.3, 0.4) is 0 Å². The third kappa shape index (κ3) is 4.51. The first kappa shape index (κ1) is 16.9. The molecule has 0 saturated carbocycles. The van der Waals surface area contributed by atoms with E-state index < -0.39 is 0 Å². The Labute approximate surface area is 149 Å². The number of rotatable bonds is 6. The number of benzene rings is 1. The van der Waals surface area contributed by atoms with E-state index in [0.717, 1.165) is 16.1 Å². The number of carbonyl (C=O) groups is 2. The maximum Gasteiger partial charge on any atom is 0.251 e. The zero-order chi connectivity index (χ0) is 17.5. The summed E-state index contributed by atoms with van der Waals surface area (Å²) in [5.74, 6) is -0.512. The van der Waals surface area contributed by atoms with Crippen LogP contribution in [-0.2, 0) is 11.3 Å². The number of hydrogen-bond donors (Lipinski definition) is 2. The first-order valence-corrected chi connectivity index (χ1v) is 8.70. The monoisotopic (exact) mass is 351 g/mol. The molecule has 0 aliphatic rings. The molecule has 0 spiro atoms. The van der Waals surface area contributed by atoms with Gasteiger partial charge >= 0.3 is 0 Å². The maximum absolute atomic E-state index is 12.0. The van der Waals surface area contributed by atoms with Crippen LogP contribution in [0.4, 0.5) is 0 Å². The largest absolute Gasteiger partial charge is 0.350 e. The smallest absolute Gasteiger partial charge is 0.251 e. The first-order valence-electron chi connectivity index (χ1n) is 7.82. The molecule has 3 rings (SSSR count). The Kier molecular flexibility index (Phi) is 5.53. The van der Waals surface area contributed by atoms with Crippen molar-refractivity contribution in [3.05, 3.63) is 77.3 Å². The molecule has 0 aliphatic heterocycles. The van der Waals surface area contributed by atoms with Crippen molar-refractivity contribution in [3.63, 3.8) is 0 Å². The molecule has 1 aromatic carbocycles. The number of pyridine rings is 1. The third-order valence-electron chi connectivity index (χ3n) is 3.57. The van der Waals surface area contributed by atoms with Crippen molar-refractivity contribution in [3.8, 4) is 10.6 Å². The molecule has 0 saturated heterocycles. The second-order valence-electron chi connectivity index (χ2n) is 5.31. The molecule has 126 valence electrons. The minimum Gasteiger partial charge on any atom is -0.350 e. The molecule has 3 aromatic rings. The van der Waals surface area contributed by atoms with Gasteiger partial charge in [-0.1, -0.05) is 30.3 Å². The molecule has 25 heavy (non-hydrogen) atoms. The van der Waals surface area contributed by atoms with Gasteiger partial charge in [-0.2, -0.15) is 0 Å². The molecule has 0 bridgehead atoms. The topological polar surface area (TPSA) is 71.1 Å². The molecule has 6 heteroatoms. The predicted octanol–water partition coefficient (Wildman–Crippen LogP) is 2.86. The molecule has 2 heterocycles. The molecule has 2 aromatic heterocycles. The van der Waals surface area contributed by atoms with Gasteiger partial charge in [0, 0.05) is 18.3 Å². The Morgan fingerprint density at radius 2 is 1.80 bits per heavy atom. The predicted molar refractivity (Wildman–Crippen MR) is 98.2 cm³/mol. The molecule has 0 fully saturated rings. The van der Waals surface area contributed by atoms with Crippen molar-refractivity contribution in [2.45, 2.75) is 6.54 Å². The molecule has 0 atom stereocenters. The van der Waals surface area contributed by atoms with Crippen LogP contribution < -0.4 is 10.6 Å². The van der Waals surface area contributed by atoms with Crippen molar-refractivity contribution < 1.29 is 9.59 Å². The first-order chi connectivity index (χ1) is 12.2. The average Bonchev–Trinajstić information content (AvgIpc) is 3.20. The Bertz CT molecular complexity index is 848. The van der Waals surface area contributed by atoms with E-state index >= 15 is 0 Å². The van der Waals surface area contributed by atoms with Crippen molar-refractivity contribution in [2.75, 3.05) is 6.54 Å².